The summed E-state index contributed by atoms with van der Waals surface area (Å²) in [6.07, 6.45) is 2.88. The minimum Gasteiger partial charge on any atom is -0.459 e. The van der Waals surface area contributed by atoms with Crippen LogP contribution in [0.4, 0.5) is 8.78 Å². The van der Waals surface area contributed by atoms with E-state index in [1.54, 1.807) is 12.1 Å². The lowest BCUT2D eigenvalue weighted by Gasteiger charge is -2.25. The van der Waals surface area contributed by atoms with Gasteiger partial charge in [-0.1, -0.05) is 12.1 Å². The Bertz CT molecular complexity index is 404. The molecule has 1 aliphatic rings. The molecule has 0 spiro atoms. The van der Waals surface area contributed by atoms with Crippen LogP contribution in [0.5, 0.6) is 5.75 Å². The molecule has 0 unspecified atom stereocenters. The monoisotopic (exact) mass is 272 g/mol. The zero-order chi connectivity index (χ0) is 13.0. The summed E-state index contributed by atoms with van der Waals surface area (Å²) >= 11 is 6.07. The van der Waals surface area contributed by atoms with Crippen molar-refractivity contribution in [2.75, 3.05) is 0 Å². The van der Waals surface area contributed by atoms with E-state index in [1.807, 2.05) is 12.1 Å². The van der Waals surface area contributed by atoms with E-state index >= 15 is 0 Å². The van der Waals surface area contributed by atoms with Crippen molar-refractivity contribution in [3.8, 4) is 5.75 Å². The molecule has 4 heteroatoms. The summed E-state index contributed by atoms with van der Waals surface area (Å²) in [6.45, 7) is 0. The number of rotatable bonds is 3. The van der Waals surface area contributed by atoms with Crippen LogP contribution in [0.15, 0.2) is 36.6 Å². The van der Waals surface area contributed by atoms with Crippen LogP contribution in [0.2, 0.25) is 0 Å². The molecule has 98 valence electrons. The van der Waals surface area contributed by atoms with Crippen LogP contribution < -0.4 is 4.74 Å². The van der Waals surface area contributed by atoms with Gasteiger partial charge in [-0.25, -0.2) is 0 Å². The maximum absolute atomic E-state index is 11.9. The molecule has 1 nitrogen and oxygen atoms in total. The highest BCUT2D eigenvalue weighted by Gasteiger charge is 2.20. The average molecular weight is 273 g/mol. The van der Waals surface area contributed by atoms with Crippen molar-refractivity contribution in [2.45, 2.75) is 37.0 Å². The first-order chi connectivity index (χ1) is 8.65. The lowest BCUT2D eigenvalue weighted by atomic mass is 9.84. The minimum absolute atomic E-state index is 0.307. The van der Waals surface area contributed by atoms with Crippen molar-refractivity contribution in [3.63, 3.8) is 0 Å². The third-order valence-electron chi connectivity index (χ3n) is 3.29. The largest absolute Gasteiger partial charge is 0.459 e. The summed E-state index contributed by atoms with van der Waals surface area (Å²) in [4.78, 5) is 0. The molecule has 2 rings (SSSR count). The van der Waals surface area contributed by atoms with Crippen molar-refractivity contribution >= 4 is 11.6 Å². The van der Waals surface area contributed by atoms with Gasteiger partial charge in [-0.15, -0.1) is 11.6 Å². The van der Waals surface area contributed by atoms with E-state index in [-0.39, 0.29) is 0 Å². The summed E-state index contributed by atoms with van der Waals surface area (Å²) in [7, 11) is 0. The maximum atomic E-state index is 11.9. The van der Waals surface area contributed by atoms with Crippen molar-refractivity contribution in [1.29, 1.82) is 0 Å². The van der Waals surface area contributed by atoms with Gasteiger partial charge in [0.1, 0.15) is 5.75 Å². The zero-order valence-corrected chi connectivity index (χ0v) is 10.7. The second-order valence-electron chi connectivity index (χ2n) is 4.54. The quantitative estimate of drug-likeness (QED) is 0.551. The summed E-state index contributed by atoms with van der Waals surface area (Å²) in [5.74, 6) is 0.958. The van der Waals surface area contributed by atoms with Crippen LogP contribution in [0.25, 0.3) is 0 Å². The van der Waals surface area contributed by atoms with E-state index in [0.717, 1.165) is 25.7 Å². The van der Waals surface area contributed by atoms with Crippen molar-refractivity contribution in [3.05, 3.63) is 42.2 Å². The Labute approximate surface area is 110 Å². The van der Waals surface area contributed by atoms with Crippen molar-refractivity contribution < 1.29 is 13.5 Å². The number of ether oxygens (including phenoxy) is 1. The lowest BCUT2D eigenvalue weighted by Crippen LogP contribution is -2.12. The van der Waals surface area contributed by atoms with Gasteiger partial charge in [0.05, 0.1) is 0 Å². The SMILES string of the molecule is FC(F)=COc1ccc(C2CCC(Cl)CC2)cc1. The molecule has 0 saturated heterocycles. The standard InChI is InChI=1S/C14H15ClF2O/c15-12-5-1-10(2-6-12)11-3-7-13(8-4-11)18-9-14(16)17/h3-4,7-10,12H,1-2,5-6H2. The van der Waals surface area contributed by atoms with Gasteiger partial charge < -0.3 is 4.74 Å². The van der Waals surface area contributed by atoms with Gasteiger partial charge in [0, 0.05) is 5.38 Å². The van der Waals surface area contributed by atoms with Gasteiger partial charge in [0.25, 0.3) is 0 Å². The van der Waals surface area contributed by atoms with E-state index < -0.39 is 6.08 Å². The summed E-state index contributed by atoms with van der Waals surface area (Å²) < 4.78 is 28.5. The molecule has 0 aromatic heterocycles. The number of benzene rings is 1. The maximum Gasteiger partial charge on any atom is 0.305 e. The van der Waals surface area contributed by atoms with Gasteiger partial charge in [-0.05, 0) is 49.3 Å². The molecule has 0 amide bonds. The van der Waals surface area contributed by atoms with Gasteiger partial charge in [0.2, 0.25) is 0 Å². The molecular formula is C14H15ClF2O. The van der Waals surface area contributed by atoms with Crippen LogP contribution in [0, 0.1) is 0 Å². The van der Waals surface area contributed by atoms with Crippen LogP contribution in [-0.2, 0) is 0 Å². The van der Waals surface area contributed by atoms with E-state index in [1.165, 1.54) is 5.56 Å². The molecule has 1 aromatic rings. The fourth-order valence-corrected chi connectivity index (χ4v) is 2.57. The molecular weight excluding hydrogens is 258 g/mol. The first-order valence-electron chi connectivity index (χ1n) is 6.07. The molecule has 0 radical (unpaired) electrons. The van der Waals surface area contributed by atoms with Gasteiger partial charge in [-0.2, -0.15) is 8.78 Å². The molecule has 0 bridgehead atoms. The van der Waals surface area contributed by atoms with E-state index in [0.29, 0.717) is 23.3 Å². The fourth-order valence-electron chi connectivity index (χ4n) is 2.32. The topological polar surface area (TPSA) is 9.23 Å². The average Bonchev–Trinajstić information content (AvgIpc) is 2.38. The van der Waals surface area contributed by atoms with Gasteiger partial charge in [-0.3, -0.25) is 0 Å². The molecule has 1 aromatic carbocycles. The van der Waals surface area contributed by atoms with Crippen LogP contribution >= 0.6 is 11.6 Å². The Morgan fingerprint density at radius 3 is 2.28 bits per heavy atom. The molecule has 1 aliphatic carbocycles. The van der Waals surface area contributed by atoms with E-state index in [2.05, 4.69) is 0 Å². The third kappa shape index (κ3) is 3.70. The molecule has 1 fully saturated rings. The highest BCUT2D eigenvalue weighted by Crippen LogP contribution is 2.35. The normalized spacial score (nSPS) is 23.5. The molecule has 18 heavy (non-hydrogen) atoms. The highest BCUT2D eigenvalue weighted by molar-refractivity contribution is 6.20. The van der Waals surface area contributed by atoms with Crippen LogP contribution in [-0.4, -0.2) is 5.38 Å². The molecule has 0 N–H and O–H groups in total. The van der Waals surface area contributed by atoms with Crippen LogP contribution in [0.3, 0.4) is 0 Å². The molecule has 1 saturated carbocycles. The van der Waals surface area contributed by atoms with E-state index in [4.69, 9.17) is 16.3 Å². The Balaban J connectivity index is 1.97. The number of alkyl halides is 1. The molecule has 0 atom stereocenters. The second kappa shape index (κ2) is 6.19. The Kier molecular flexibility index (Phi) is 4.59. The van der Waals surface area contributed by atoms with Crippen LogP contribution in [0.1, 0.15) is 37.2 Å². The molecule has 0 heterocycles. The predicted molar refractivity (Wildman–Crippen MR) is 68.2 cm³/mol. The van der Waals surface area contributed by atoms with Gasteiger partial charge in [0.15, 0.2) is 6.26 Å². The predicted octanol–water partition coefficient (Wildman–Crippen LogP) is 5.07. The Hall–Kier alpha value is -1.09. The lowest BCUT2D eigenvalue weighted by molar-refractivity contribution is 0.364. The van der Waals surface area contributed by atoms with Crippen molar-refractivity contribution in [1.82, 2.24) is 0 Å². The summed E-state index contributed by atoms with van der Waals surface area (Å²) in [5, 5.41) is 0.307. The third-order valence-corrected chi connectivity index (χ3v) is 3.73. The number of hydrogen-bond donors (Lipinski definition) is 0. The first-order valence-corrected chi connectivity index (χ1v) is 6.50. The number of halogens is 3. The van der Waals surface area contributed by atoms with E-state index in [9.17, 15) is 8.78 Å². The zero-order valence-electron chi connectivity index (χ0n) is 9.91. The highest BCUT2D eigenvalue weighted by atomic mass is 35.5. The molecule has 0 aliphatic heterocycles. The summed E-state index contributed by atoms with van der Waals surface area (Å²) in [5.41, 5.74) is 1.23. The summed E-state index contributed by atoms with van der Waals surface area (Å²) in [6, 6.07) is 7.33. The Morgan fingerprint density at radius 1 is 1.11 bits per heavy atom. The smallest absolute Gasteiger partial charge is 0.305 e. The fraction of sp³-hybridized carbons (Fsp3) is 0.429. The minimum atomic E-state index is -1.83. The Morgan fingerprint density at radius 2 is 1.72 bits per heavy atom. The first kappa shape index (κ1) is 13.3. The second-order valence-corrected chi connectivity index (χ2v) is 5.16. The van der Waals surface area contributed by atoms with Gasteiger partial charge >= 0.3 is 6.08 Å². The number of hydrogen-bond acceptors (Lipinski definition) is 1. The van der Waals surface area contributed by atoms with Crippen molar-refractivity contribution in [2.24, 2.45) is 0 Å².